The quantitative estimate of drug-likeness (QED) is 0.872. The molecule has 6 nitrogen and oxygen atoms in total. The number of ether oxygens (including phenoxy) is 1. The van der Waals surface area contributed by atoms with Crippen LogP contribution in [0.5, 0.6) is 0 Å². The van der Waals surface area contributed by atoms with Crippen molar-refractivity contribution >= 4 is 17.6 Å². The van der Waals surface area contributed by atoms with Crippen LogP contribution in [0.4, 0.5) is 16.3 Å². The van der Waals surface area contributed by atoms with Crippen LogP contribution in [0.25, 0.3) is 5.69 Å². The van der Waals surface area contributed by atoms with Crippen LogP contribution in [0.15, 0.2) is 30.3 Å². The Morgan fingerprint density at radius 3 is 2.12 bits per heavy atom. The lowest BCUT2D eigenvalue weighted by Crippen LogP contribution is -2.27. The summed E-state index contributed by atoms with van der Waals surface area (Å²) < 4.78 is 7.12. The van der Waals surface area contributed by atoms with Gasteiger partial charge in [0.25, 0.3) is 0 Å². The summed E-state index contributed by atoms with van der Waals surface area (Å²) in [5.74, 6) is 0.585. The minimum atomic E-state index is -0.560. The molecule has 142 valence electrons. The van der Waals surface area contributed by atoms with E-state index in [0.717, 1.165) is 17.1 Å². The van der Waals surface area contributed by atoms with Gasteiger partial charge in [-0.25, -0.2) is 9.48 Å². The van der Waals surface area contributed by atoms with Gasteiger partial charge >= 0.3 is 6.09 Å². The van der Waals surface area contributed by atoms with E-state index >= 15 is 0 Å². The van der Waals surface area contributed by atoms with Crippen LogP contribution >= 0.6 is 0 Å². The van der Waals surface area contributed by atoms with E-state index < -0.39 is 11.7 Å². The number of nitrogens with one attached hydrogen (secondary N) is 1. The van der Waals surface area contributed by atoms with Crippen LogP contribution in [-0.2, 0) is 10.2 Å². The summed E-state index contributed by atoms with van der Waals surface area (Å²) in [5.41, 5.74) is 2.16. The Labute approximate surface area is 156 Å². The average Bonchev–Trinajstić information content (AvgIpc) is 2.89. The molecule has 0 unspecified atom stereocenters. The van der Waals surface area contributed by atoms with E-state index in [1.54, 1.807) is 4.68 Å². The van der Waals surface area contributed by atoms with Gasteiger partial charge in [0.15, 0.2) is 0 Å². The van der Waals surface area contributed by atoms with E-state index in [9.17, 15) is 4.79 Å². The Morgan fingerprint density at radius 1 is 1.08 bits per heavy atom. The number of benzene rings is 1. The fraction of sp³-hybridized carbons (Fsp3) is 0.500. The highest BCUT2D eigenvalue weighted by Crippen LogP contribution is 2.27. The van der Waals surface area contributed by atoms with Gasteiger partial charge in [0.05, 0.1) is 11.4 Å². The summed E-state index contributed by atoms with van der Waals surface area (Å²) in [6.07, 6.45) is -0.496. The van der Waals surface area contributed by atoms with Crippen LogP contribution in [0.3, 0.4) is 0 Å². The smallest absolute Gasteiger partial charge is 0.413 e. The fourth-order valence-corrected chi connectivity index (χ4v) is 2.33. The third-order valence-electron chi connectivity index (χ3n) is 3.72. The van der Waals surface area contributed by atoms with Crippen molar-refractivity contribution in [3.05, 3.63) is 36.0 Å². The molecule has 0 aliphatic rings. The lowest BCUT2D eigenvalue weighted by Gasteiger charge is -2.20. The van der Waals surface area contributed by atoms with Crippen molar-refractivity contribution < 1.29 is 9.53 Å². The van der Waals surface area contributed by atoms with Crippen LogP contribution in [0.2, 0.25) is 0 Å². The number of carbonyl (C=O) groups is 1. The van der Waals surface area contributed by atoms with Gasteiger partial charge in [-0.2, -0.15) is 5.10 Å². The van der Waals surface area contributed by atoms with Gasteiger partial charge in [-0.3, -0.25) is 5.32 Å². The molecule has 1 N–H and O–H groups in total. The van der Waals surface area contributed by atoms with E-state index in [-0.39, 0.29) is 5.41 Å². The molecule has 0 radical (unpaired) electrons. The second-order valence-corrected chi connectivity index (χ2v) is 8.61. The highest BCUT2D eigenvalue weighted by molar-refractivity contribution is 5.84. The predicted molar refractivity (Wildman–Crippen MR) is 106 cm³/mol. The first kappa shape index (κ1) is 19.8. The molecule has 26 heavy (non-hydrogen) atoms. The fourth-order valence-electron chi connectivity index (χ4n) is 2.33. The van der Waals surface area contributed by atoms with Crippen molar-refractivity contribution in [2.24, 2.45) is 0 Å². The van der Waals surface area contributed by atoms with Crippen LogP contribution in [0, 0.1) is 0 Å². The molecular formula is C20H30N4O2. The average molecular weight is 358 g/mol. The molecule has 2 rings (SSSR count). The van der Waals surface area contributed by atoms with Crippen molar-refractivity contribution in [3.8, 4) is 5.69 Å². The van der Waals surface area contributed by atoms with Gasteiger partial charge in [0, 0.05) is 31.3 Å². The monoisotopic (exact) mass is 358 g/mol. The third kappa shape index (κ3) is 5.00. The van der Waals surface area contributed by atoms with Crippen molar-refractivity contribution in [1.82, 2.24) is 9.78 Å². The predicted octanol–water partition coefficient (Wildman–Crippen LogP) is 4.58. The Hall–Kier alpha value is -2.50. The number of hydrogen-bond acceptors (Lipinski definition) is 4. The summed E-state index contributed by atoms with van der Waals surface area (Å²) >= 11 is 0. The summed E-state index contributed by atoms with van der Waals surface area (Å²) in [4.78, 5) is 14.3. The van der Waals surface area contributed by atoms with Crippen molar-refractivity contribution in [2.75, 3.05) is 24.3 Å². The maximum absolute atomic E-state index is 12.2. The largest absolute Gasteiger partial charge is 0.444 e. The third-order valence-corrected chi connectivity index (χ3v) is 3.72. The Morgan fingerprint density at radius 2 is 1.65 bits per heavy atom. The number of aromatic nitrogens is 2. The summed E-state index contributed by atoms with van der Waals surface area (Å²) in [7, 11) is 3.99. The van der Waals surface area contributed by atoms with Gasteiger partial charge in [-0.05, 0) is 45.0 Å². The van der Waals surface area contributed by atoms with E-state index in [4.69, 9.17) is 9.84 Å². The topological polar surface area (TPSA) is 59.4 Å². The first-order valence-corrected chi connectivity index (χ1v) is 8.75. The van der Waals surface area contributed by atoms with E-state index in [0.29, 0.717) is 5.82 Å². The molecule has 0 bridgehead atoms. The number of amides is 1. The first-order valence-electron chi connectivity index (χ1n) is 8.75. The van der Waals surface area contributed by atoms with Gasteiger partial charge < -0.3 is 9.64 Å². The van der Waals surface area contributed by atoms with E-state index in [1.165, 1.54) is 0 Å². The number of hydrogen-bond donors (Lipinski definition) is 1. The van der Waals surface area contributed by atoms with Gasteiger partial charge in [0.2, 0.25) is 0 Å². The zero-order valence-corrected chi connectivity index (χ0v) is 17.0. The first-order chi connectivity index (χ1) is 11.9. The molecule has 0 spiro atoms. The van der Waals surface area contributed by atoms with Crippen molar-refractivity contribution in [3.63, 3.8) is 0 Å². The summed E-state index contributed by atoms with van der Waals surface area (Å²) in [6.45, 7) is 11.8. The molecule has 0 aliphatic heterocycles. The maximum atomic E-state index is 12.2. The molecular weight excluding hydrogens is 328 g/mol. The van der Waals surface area contributed by atoms with Crippen LogP contribution in [0.1, 0.15) is 47.2 Å². The Kier molecular flexibility index (Phi) is 5.35. The van der Waals surface area contributed by atoms with Crippen molar-refractivity contribution in [1.29, 1.82) is 0 Å². The molecule has 1 amide bonds. The molecule has 1 heterocycles. The normalized spacial score (nSPS) is 12.0. The molecule has 6 heteroatoms. The number of carbonyl (C=O) groups excluding carboxylic acids is 1. The lowest BCUT2D eigenvalue weighted by atomic mass is 9.92. The molecule has 0 atom stereocenters. The van der Waals surface area contributed by atoms with Crippen molar-refractivity contribution in [2.45, 2.75) is 52.6 Å². The van der Waals surface area contributed by atoms with Crippen LogP contribution in [-0.4, -0.2) is 35.6 Å². The van der Waals surface area contributed by atoms with Gasteiger partial charge in [-0.15, -0.1) is 0 Å². The zero-order chi connectivity index (χ0) is 19.7. The number of nitrogens with zero attached hydrogens (tertiary/aromatic N) is 3. The zero-order valence-electron chi connectivity index (χ0n) is 17.0. The summed E-state index contributed by atoms with van der Waals surface area (Å²) in [6, 6.07) is 9.89. The standard InChI is InChI=1S/C20H30N4O2/c1-19(2,3)16-13-17(21-18(25)26-20(4,5)6)24(22-16)15-11-9-14(10-12-15)23(7)8/h9-13H,1-8H3,(H,21,25). The van der Waals surface area contributed by atoms with E-state index in [1.807, 2.05) is 70.1 Å². The minimum absolute atomic E-state index is 0.140. The summed E-state index contributed by atoms with van der Waals surface area (Å²) in [5, 5.41) is 7.53. The molecule has 0 saturated carbocycles. The Bertz CT molecular complexity index is 763. The second-order valence-electron chi connectivity index (χ2n) is 8.61. The molecule has 0 fully saturated rings. The number of anilines is 2. The molecule has 1 aromatic heterocycles. The highest BCUT2D eigenvalue weighted by Gasteiger charge is 2.23. The number of rotatable bonds is 3. The molecule has 0 aliphatic carbocycles. The molecule has 1 aromatic carbocycles. The van der Waals surface area contributed by atoms with Gasteiger partial charge in [-0.1, -0.05) is 20.8 Å². The second kappa shape index (κ2) is 7.02. The SMILES string of the molecule is CN(C)c1ccc(-n2nc(C(C)(C)C)cc2NC(=O)OC(C)(C)C)cc1. The molecule has 2 aromatic rings. The lowest BCUT2D eigenvalue weighted by molar-refractivity contribution is 0.0635. The van der Waals surface area contributed by atoms with Crippen LogP contribution < -0.4 is 10.2 Å². The van der Waals surface area contributed by atoms with Gasteiger partial charge in [0.1, 0.15) is 11.4 Å². The Balaban J connectivity index is 2.40. The maximum Gasteiger partial charge on any atom is 0.413 e. The molecule has 0 saturated heterocycles. The van der Waals surface area contributed by atoms with E-state index in [2.05, 4.69) is 26.1 Å². The minimum Gasteiger partial charge on any atom is -0.444 e. The highest BCUT2D eigenvalue weighted by atomic mass is 16.6.